The molecule has 0 N–H and O–H groups in total. The van der Waals surface area contributed by atoms with Crippen LogP contribution in [0.2, 0.25) is 5.02 Å². The van der Waals surface area contributed by atoms with Crippen LogP contribution in [0.1, 0.15) is 20.8 Å². The molecule has 4 heteroatoms. The summed E-state index contributed by atoms with van der Waals surface area (Å²) in [6.07, 6.45) is 0. The maximum atomic E-state index is 12.1. The molecule has 0 radical (unpaired) electrons. The molecule has 2 rings (SSSR count). The van der Waals surface area contributed by atoms with Gasteiger partial charge in [-0.1, -0.05) is 27.5 Å². The Morgan fingerprint density at radius 3 is 2.69 bits per heavy atom. The van der Waals surface area contributed by atoms with E-state index in [1.54, 1.807) is 12.1 Å². The van der Waals surface area contributed by atoms with E-state index in [0.29, 0.717) is 15.5 Å². The van der Waals surface area contributed by atoms with Crippen molar-refractivity contribution in [3.05, 3.63) is 55.1 Å². The fraction of sp³-hybridized carbons (Fsp3) is 0.0833. The Morgan fingerprint density at radius 2 is 2.12 bits per heavy atom. The summed E-state index contributed by atoms with van der Waals surface area (Å²) in [5.41, 5.74) is 1.71. The minimum Gasteiger partial charge on any atom is -0.288 e. The van der Waals surface area contributed by atoms with Gasteiger partial charge in [0, 0.05) is 10.0 Å². The first-order chi connectivity index (χ1) is 7.59. The number of rotatable bonds is 2. The molecule has 0 amide bonds. The van der Waals surface area contributed by atoms with E-state index >= 15 is 0 Å². The Morgan fingerprint density at radius 1 is 1.38 bits per heavy atom. The van der Waals surface area contributed by atoms with Gasteiger partial charge < -0.3 is 0 Å². The van der Waals surface area contributed by atoms with Crippen LogP contribution in [0.5, 0.6) is 0 Å². The molecule has 82 valence electrons. The summed E-state index contributed by atoms with van der Waals surface area (Å²) in [7, 11) is 0. The summed E-state index contributed by atoms with van der Waals surface area (Å²) >= 11 is 10.7. The highest BCUT2D eigenvalue weighted by Crippen LogP contribution is 2.26. The zero-order valence-electron chi connectivity index (χ0n) is 8.46. The first kappa shape index (κ1) is 11.8. The summed E-state index contributed by atoms with van der Waals surface area (Å²) in [6, 6.07) is 7.28. The topological polar surface area (TPSA) is 17.1 Å². The van der Waals surface area contributed by atoms with Crippen molar-refractivity contribution in [3.63, 3.8) is 0 Å². The van der Waals surface area contributed by atoms with Crippen LogP contribution in [-0.4, -0.2) is 5.78 Å². The molecule has 0 fully saturated rings. The van der Waals surface area contributed by atoms with E-state index in [1.165, 1.54) is 11.3 Å². The normalized spacial score (nSPS) is 10.4. The van der Waals surface area contributed by atoms with Gasteiger partial charge in [0.2, 0.25) is 5.78 Å². The third kappa shape index (κ3) is 2.21. The molecule has 0 atom stereocenters. The maximum absolute atomic E-state index is 12.1. The molecule has 0 saturated carbocycles. The second-order valence-electron chi connectivity index (χ2n) is 3.39. The highest BCUT2D eigenvalue weighted by atomic mass is 79.9. The minimum absolute atomic E-state index is 0.0180. The summed E-state index contributed by atoms with van der Waals surface area (Å²) in [5.74, 6) is -0.0180. The largest absolute Gasteiger partial charge is 0.288 e. The number of carbonyl (C=O) groups excluding carboxylic acids is 1. The van der Waals surface area contributed by atoms with Crippen LogP contribution >= 0.6 is 38.9 Å². The van der Waals surface area contributed by atoms with Gasteiger partial charge in [0.15, 0.2) is 0 Å². The molecule has 0 spiro atoms. The standard InChI is InChI=1S/C12H8BrClOS/c1-7-6-8(2-3-9(7)13)11(15)12-10(14)4-5-16-12/h2-6H,1H3. The Labute approximate surface area is 111 Å². The lowest BCUT2D eigenvalue weighted by Crippen LogP contribution is -1.99. The number of ketones is 1. The predicted molar refractivity (Wildman–Crippen MR) is 71.6 cm³/mol. The third-order valence-electron chi connectivity index (χ3n) is 2.24. The fourth-order valence-corrected chi connectivity index (χ4v) is 2.72. The quantitative estimate of drug-likeness (QED) is 0.734. The Kier molecular flexibility index (Phi) is 3.47. The number of aryl methyl sites for hydroxylation is 1. The second kappa shape index (κ2) is 4.70. The van der Waals surface area contributed by atoms with Crippen molar-refractivity contribution in [2.75, 3.05) is 0 Å². The molecule has 1 nitrogen and oxygen atoms in total. The van der Waals surface area contributed by atoms with Crippen molar-refractivity contribution >= 4 is 44.7 Å². The number of thiophene rings is 1. The fourth-order valence-electron chi connectivity index (χ4n) is 1.37. The van der Waals surface area contributed by atoms with Gasteiger partial charge in [0.05, 0.1) is 9.90 Å². The first-order valence-corrected chi connectivity index (χ1v) is 6.68. The van der Waals surface area contributed by atoms with Gasteiger partial charge in [-0.2, -0.15) is 0 Å². The molecule has 0 aliphatic heterocycles. The SMILES string of the molecule is Cc1cc(C(=O)c2sccc2Cl)ccc1Br. The Hall–Kier alpha value is -0.640. The number of hydrogen-bond acceptors (Lipinski definition) is 2. The monoisotopic (exact) mass is 314 g/mol. The van der Waals surface area contributed by atoms with Crippen LogP contribution in [0.3, 0.4) is 0 Å². The van der Waals surface area contributed by atoms with Crippen molar-refractivity contribution in [1.82, 2.24) is 0 Å². The summed E-state index contributed by atoms with van der Waals surface area (Å²) in [6.45, 7) is 1.96. The smallest absolute Gasteiger partial charge is 0.204 e. The lowest BCUT2D eigenvalue weighted by atomic mass is 10.1. The molecular formula is C12H8BrClOS. The lowest BCUT2D eigenvalue weighted by molar-refractivity contribution is 0.104. The van der Waals surface area contributed by atoms with E-state index in [-0.39, 0.29) is 5.78 Å². The van der Waals surface area contributed by atoms with E-state index in [0.717, 1.165) is 10.0 Å². The number of carbonyl (C=O) groups is 1. The van der Waals surface area contributed by atoms with E-state index in [2.05, 4.69) is 15.9 Å². The second-order valence-corrected chi connectivity index (χ2v) is 5.57. The van der Waals surface area contributed by atoms with Gasteiger partial charge in [-0.05, 0) is 42.1 Å². The molecule has 16 heavy (non-hydrogen) atoms. The van der Waals surface area contributed by atoms with E-state index in [9.17, 15) is 4.79 Å². The number of benzene rings is 1. The van der Waals surface area contributed by atoms with Crippen LogP contribution in [0.15, 0.2) is 34.1 Å². The highest BCUT2D eigenvalue weighted by molar-refractivity contribution is 9.10. The van der Waals surface area contributed by atoms with Gasteiger partial charge in [-0.25, -0.2) is 0 Å². The molecule has 0 aliphatic carbocycles. The summed E-state index contributed by atoms with van der Waals surface area (Å²) in [4.78, 5) is 12.7. The van der Waals surface area contributed by atoms with Crippen molar-refractivity contribution in [3.8, 4) is 0 Å². The van der Waals surface area contributed by atoms with Crippen molar-refractivity contribution in [2.24, 2.45) is 0 Å². The van der Waals surface area contributed by atoms with Gasteiger partial charge in [-0.3, -0.25) is 4.79 Å². The summed E-state index contributed by atoms with van der Waals surface area (Å²) in [5, 5.41) is 2.34. The Bertz CT molecular complexity index is 548. The molecule has 0 unspecified atom stereocenters. The average molecular weight is 316 g/mol. The van der Waals surface area contributed by atoms with Crippen LogP contribution in [-0.2, 0) is 0 Å². The van der Waals surface area contributed by atoms with Gasteiger partial charge in [-0.15, -0.1) is 11.3 Å². The van der Waals surface area contributed by atoms with Gasteiger partial charge >= 0.3 is 0 Å². The molecule has 0 bridgehead atoms. The van der Waals surface area contributed by atoms with Crippen LogP contribution in [0.25, 0.3) is 0 Å². The van der Waals surface area contributed by atoms with Gasteiger partial charge in [0.25, 0.3) is 0 Å². The average Bonchev–Trinajstić information content (AvgIpc) is 2.67. The molecule has 0 aliphatic rings. The first-order valence-electron chi connectivity index (χ1n) is 4.63. The number of hydrogen-bond donors (Lipinski definition) is 0. The zero-order chi connectivity index (χ0) is 11.7. The van der Waals surface area contributed by atoms with E-state index in [1.807, 2.05) is 24.4 Å². The maximum Gasteiger partial charge on any atom is 0.204 e. The third-order valence-corrected chi connectivity index (χ3v) is 4.47. The Balaban J connectivity index is 2.42. The zero-order valence-corrected chi connectivity index (χ0v) is 11.6. The predicted octanol–water partition coefficient (Wildman–Crippen LogP) is 4.70. The molecule has 1 heterocycles. The van der Waals surface area contributed by atoms with E-state index < -0.39 is 0 Å². The molecule has 2 aromatic rings. The van der Waals surface area contributed by atoms with E-state index in [4.69, 9.17) is 11.6 Å². The molecule has 1 aromatic carbocycles. The summed E-state index contributed by atoms with van der Waals surface area (Å²) < 4.78 is 1.00. The van der Waals surface area contributed by atoms with Crippen molar-refractivity contribution in [1.29, 1.82) is 0 Å². The molecule has 1 aromatic heterocycles. The lowest BCUT2D eigenvalue weighted by Gasteiger charge is -2.02. The van der Waals surface area contributed by atoms with Crippen LogP contribution in [0, 0.1) is 6.92 Å². The minimum atomic E-state index is -0.0180. The van der Waals surface area contributed by atoms with Crippen LogP contribution < -0.4 is 0 Å². The van der Waals surface area contributed by atoms with Gasteiger partial charge in [0.1, 0.15) is 0 Å². The van der Waals surface area contributed by atoms with Crippen molar-refractivity contribution < 1.29 is 4.79 Å². The number of halogens is 2. The van der Waals surface area contributed by atoms with Crippen LogP contribution in [0.4, 0.5) is 0 Å². The molecule has 0 saturated heterocycles. The van der Waals surface area contributed by atoms with Crippen molar-refractivity contribution in [2.45, 2.75) is 6.92 Å². The molecular weight excluding hydrogens is 308 g/mol. The highest BCUT2D eigenvalue weighted by Gasteiger charge is 2.14.